The van der Waals surface area contributed by atoms with E-state index >= 15 is 0 Å². The van der Waals surface area contributed by atoms with Crippen molar-refractivity contribution in [1.29, 1.82) is 0 Å². The highest BCUT2D eigenvalue weighted by Crippen LogP contribution is 2.44. The van der Waals surface area contributed by atoms with Gasteiger partial charge in [-0.15, -0.1) is 0 Å². The number of benzene rings is 1. The molecule has 1 fully saturated rings. The Morgan fingerprint density at radius 2 is 2.12 bits per heavy atom. The van der Waals surface area contributed by atoms with Crippen LogP contribution in [0.25, 0.3) is 0 Å². The number of ether oxygens (including phenoxy) is 2. The van der Waals surface area contributed by atoms with Crippen LogP contribution in [0.3, 0.4) is 0 Å². The van der Waals surface area contributed by atoms with Crippen molar-refractivity contribution >= 4 is 0 Å². The molecule has 1 heterocycles. The molecule has 0 atom stereocenters. The SMILES string of the molecule is OC1(Cc2cc(CF)cc3c2OCO3)CC1. The van der Waals surface area contributed by atoms with Crippen LogP contribution in [0.4, 0.5) is 4.39 Å². The lowest BCUT2D eigenvalue weighted by Gasteiger charge is -2.11. The number of alkyl halides is 1. The van der Waals surface area contributed by atoms with Crippen LogP contribution in [0.15, 0.2) is 12.1 Å². The molecule has 0 unspecified atom stereocenters. The molecule has 0 bridgehead atoms. The molecule has 0 spiro atoms. The zero-order valence-corrected chi connectivity index (χ0v) is 8.83. The van der Waals surface area contributed by atoms with Gasteiger partial charge in [0.2, 0.25) is 6.79 Å². The van der Waals surface area contributed by atoms with E-state index in [-0.39, 0.29) is 6.79 Å². The van der Waals surface area contributed by atoms with E-state index in [0.717, 1.165) is 18.4 Å². The highest BCUT2D eigenvalue weighted by atomic mass is 19.1. The van der Waals surface area contributed by atoms with Gasteiger partial charge >= 0.3 is 0 Å². The summed E-state index contributed by atoms with van der Waals surface area (Å²) in [7, 11) is 0. The lowest BCUT2D eigenvalue weighted by molar-refractivity contribution is 0.147. The minimum Gasteiger partial charge on any atom is -0.454 e. The summed E-state index contributed by atoms with van der Waals surface area (Å²) in [4.78, 5) is 0. The van der Waals surface area contributed by atoms with E-state index in [9.17, 15) is 9.50 Å². The fraction of sp³-hybridized carbons (Fsp3) is 0.500. The fourth-order valence-electron chi connectivity index (χ4n) is 2.03. The average molecular weight is 224 g/mol. The second kappa shape index (κ2) is 3.35. The van der Waals surface area contributed by atoms with Crippen LogP contribution in [-0.4, -0.2) is 17.5 Å². The summed E-state index contributed by atoms with van der Waals surface area (Å²) in [5.74, 6) is 1.26. The van der Waals surface area contributed by atoms with Gasteiger partial charge in [0.25, 0.3) is 0 Å². The van der Waals surface area contributed by atoms with E-state index in [4.69, 9.17) is 9.47 Å². The third-order valence-corrected chi connectivity index (χ3v) is 3.11. The molecule has 1 aromatic rings. The fourth-order valence-corrected chi connectivity index (χ4v) is 2.03. The van der Waals surface area contributed by atoms with Gasteiger partial charge in [0, 0.05) is 12.0 Å². The molecule has 1 aliphatic heterocycles. The minimum absolute atomic E-state index is 0.177. The molecule has 3 nitrogen and oxygen atoms in total. The Labute approximate surface area is 92.8 Å². The topological polar surface area (TPSA) is 38.7 Å². The first-order valence-corrected chi connectivity index (χ1v) is 5.40. The molecule has 86 valence electrons. The van der Waals surface area contributed by atoms with Crippen molar-refractivity contribution in [2.75, 3.05) is 6.79 Å². The molecule has 16 heavy (non-hydrogen) atoms. The van der Waals surface area contributed by atoms with Gasteiger partial charge in [-0.1, -0.05) is 0 Å². The predicted octanol–water partition coefficient (Wildman–Crippen LogP) is 1.95. The van der Waals surface area contributed by atoms with Crippen LogP contribution in [0.1, 0.15) is 24.0 Å². The van der Waals surface area contributed by atoms with Crippen molar-refractivity contribution in [3.8, 4) is 11.5 Å². The van der Waals surface area contributed by atoms with Gasteiger partial charge in [0.15, 0.2) is 11.5 Å². The zero-order chi connectivity index (χ0) is 11.2. The molecular weight excluding hydrogens is 211 g/mol. The molecule has 1 aromatic carbocycles. The maximum absolute atomic E-state index is 12.7. The van der Waals surface area contributed by atoms with E-state index in [1.165, 1.54) is 0 Å². The molecule has 1 saturated carbocycles. The molecule has 3 rings (SSSR count). The number of hydrogen-bond donors (Lipinski definition) is 1. The van der Waals surface area contributed by atoms with Crippen LogP contribution in [-0.2, 0) is 13.1 Å². The first-order valence-electron chi connectivity index (χ1n) is 5.40. The van der Waals surface area contributed by atoms with Crippen molar-refractivity contribution in [1.82, 2.24) is 0 Å². The molecule has 1 aliphatic carbocycles. The van der Waals surface area contributed by atoms with Gasteiger partial charge in [-0.3, -0.25) is 0 Å². The smallest absolute Gasteiger partial charge is 0.231 e. The van der Waals surface area contributed by atoms with Crippen LogP contribution >= 0.6 is 0 Å². The second-order valence-corrected chi connectivity index (χ2v) is 4.52. The molecule has 0 radical (unpaired) electrons. The molecule has 0 amide bonds. The van der Waals surface area contributed by atoms with Crippen LogP contribution < -0.4 is 9.47 Å². The van der Waals surface area contributed by atoms with Gasteiger partial charge in [-0.2, -0.15) is 0 Å². The summed E-state index contributed by atoms with van der Waals surface area (Å²) >= 11 is 0. The average Bonchev–Trinajstić information content (AvgIpc) is 2.81. The van der Waals surface area contributed by atoms with Gasteiger partial charge < -0.3 is 14.6 Å². The number of rotatable bonds is 3. The maximum atomic E-state index is 12.7. The lowest BCUT2D eigenvalue weighted by Crippen LogP contribution is -2.11. The summed E-state index contributed by atoms with van der Waals surface area (Å²) in [6.45, 7) is -0.349. The third-order valence-electron chi connectivity index (χ3n) is 3.11. The van der Waals surface area contributed by atoms with E-state index in [0.29, 0.717) is 23.5 Å². The Balaban J connectivity index is 1.98. The van der Waals surface area contributed by atoms with Gasteiger partial charge in [-0.25, -0.2) is 4.39 Å². The van der Waals surface area contributed by atoms with Crippen LogP contribution in [0.2, 0.25) is 0 Å². The quantitative estimate of drug-likeness (QED) is 0.852. The van der Waals surface area contributed by atoms with Gasteiger partial charge in [0.05, 0.1) is 5.60 Å². The van der Waals surface area contributed by atoms with Gasteiger partial charge in [-0.05, 0) is 30.5 Å². The lowest BCUT2D eigenvalue weighted by atomic mass is 10.0. The van der Waals surface area contributed by atoms with E-state index < -0.39 is 12.3 Å². The number of aliphatic hydroxyl groups is 1. The first kappa shape index (κ1) is 9.90. The molecule has 2 aliphatic rings. The summed E-state index contributed by atoms with van der Waals surface area (Å²) in [6, 6.07) is 3.41. The Hall–Kier alpha value is -1.29. The summed E-state index contributed by atoms with van der Waals surface area (Å²) in [5, 5.41) is 9.89. The van der Waals surface area contributed by atoms with E-state index in [1.807, 2.05) is 0 Å². The number of halogens is 1. The van der Waals surface area contributed by atoms with Crippen molar-refractivity contribution < 1.29 is 19.0 Å². The van der Waals surface area contributed by atoms with Crippen molar-refractivity contribution in [2.24, 2.45) is 0 Å². The number of fused-ring (bicyclic) bond motifs is 1. The van der Waals surface area contributed by atoms with Crippen molar-refractivity contribution in [2.45, 2.75) is 31.5 Å². The van der Waals surface area contributed by atoms with Crippen molar-refractivity contribution in [3.63, 3.8) is 0 Å². The van der Waals surface area contributed by atoms with Gasteiger partial charge in [0.1, 0.15) is 6.67 Å². The normalized spacial score (nSPS) is 19.9. The number of hydrogen-bond acceptors (Lipinski definition) is 3. The predicted molar refractivity (Wildman–Crippen MR) is 55.3 cm³/mol. The minimum atomic E-state index is -0.603. The second-order valence-electron chi connectivity index (χ2n) is 4.52. The summed E-state index contributed by atoms with van der Waals surface area (Å²) < 4.78 is 23.3. The Morgan fingerprint density at radius 1 is 1.31 bits per heavy atom. The van der Waals surface area contributed by atoms with E-state index in [2.05, 4.69) is 0 Å². The molecule has 0 aromatic heterocycles. The molecule has 0 saturated heterocycles. The molecule has 1 N–H and O–H groups in total. The zero-order valence-electron chi connectivity index (χ0n) is 8.83. The third kappa shape index (κ3) is 1.63. The Kier molecular flexibility index (Phi) is 2.07. The maximum Gasteiger partial charge on any atom is 0.231 e. The monoisotopic (exact) mass is 224 g/mol. The first-order chi connectivity index (χ1) is 7.70. The Bertz CT molecular complexity index is 427. The highest BCUT2D eigenvalue weighted by molar-refractivity contribution is 5.51. The summed E-state index contributed by atoms with van der Waals surface area (Å²) in [6.07, 6.45) is 2.14. The Morgan fingerprint density at radius 3 is 2.81 bits per heavy atom. The van der Waals surface area contributed by atoms with Crippen molar-refractivity contribution in [3.05, 3.63) is 23.3 Å². The largest absolute Gasteiger partial charge is 0.454 e. The molecular formula is C12H13FO3. The van der Waals surface area contributed by atoms with Crippen LogP contribution in [0, 0.1) is 0 Å². The molecule has 4 heteroatoms. The standard InChI is InChI=1S/C12H13FO3/c13-6-8-3-9(5-12(14)1-2-12)11-10(4-8)15-7-16-11/h3-4,14H,1-2,5-7H2. The van der Waals surface area contributed by atoms with E-state index in [1.54, 1.807) is 12.1 Å². The van der Waals surface area contributed by atoms with Crippen LogP contribution in [0.5, 0.6) is 11.5 Å². The summed E-state index contributed by atoms with van der Waals surface area (Å²) in [5.41, 5.74) is 0.820. The highest BCUT2D eigenvalue weighted by Gasteiger charge is 2.41.